The van der Waals surface area contributed by atoms with Gasteiger partial charge in [-0.05, 0) is 43.2 Å². The van der Waals surface area contributed by atoms with Crippen molar-refractivity contribution in [1.82, 2.24) is 4.98 Å². The molecule has 0 amide bonds. The number of fused-ring (bicyclic) bond motifs is 2. The van der Waals surface area contributed by atoms with Crippen molar-refractivity contribution in [2.45, 2.75) is 13.3 Å². The number of anilines is 3. The molecular formula is C18H17N3. The third-order valence-electron chi connectivity index (χ3n) is 4.23. The molecule has 0 fully saturated rings. The van der Waals surface area contributed by atoms with E-state index in [9.17, 15) is 0 Å². The van der Waals surface area contributed by atoms with E-state index < -0.39 is 0 Å². The van der Waals surface area contributed by atoms with Crippen molar-refractivity contribution in [3.8, 4) is 0 Å². The molecule has 0 saturated heterocycles. The van der Waals surface area contributed by atoms with Crippen molar-refractivity contribution in [2.24, 2.45) is 0 Å². The monoisotopic (exact) mass is 275 g/mol. The standard InChI is InChI=1S/C18H17N3/c1-12-10-14-15(11-20-12)16(19)6-7-18(14)21-9-8-13-4-2-3-5-17(13)21/h2-7,10-11H,8-9,19H2,1H3. The Morgan fingerprint density at radius 1 is 1.05 bits per heavy atom. The molecule has 1 aliphatic heterocycles. The zero-order valence-corrected chi connectivity index (χ0v) is 12.0. The summed E-state index contributed by atoms with van der Waals surface area (Å²) in [5.74, 6) is 0. The molecule has 1 aliphatic rings. The van der Waals surface area contributed by atoms with Gasteiger partial charge in [-0.15, -0.1) is 0 Å². The first-order valence-electron chi connectivity index (χ1n) is 7.24. The van der Waals surface area contributed by atoms with Crippen LogP contribution in [0, 0.1) is 6.92 Å². The van der Waals surface area contributed by atoms with Gasteiger partial charge in [0.1, 0.15) is 0 Å². The van der Waals surface area contributed by atoms with E-state index in [2.05, 4.69) is 46.3 Å². The van der Waals surface area contributed by atoms with Gasteiger partial charge in [-0.1, -0.05) is 18.2 Å². The van der Waals surface area contributed by atoms with Gasteiger partial charge in [-0.3, -0.25) is 4.98 Å². The molecule has 2 N–H and O–H groups in total. The second-order valence-corrected chi connectivity index (χ2v) is 5.58. The Labute approximate surface area is 124 Å². The third kappa shape index (κ3) is 1.85. The fourth-order valence-corrected chi connectivity index (χ4v) is 3.17. The Kier molecular flexibility index (Phi) is 2.61. The lowest BCUT2D eigenvalue weighted by atomic mass is 10.1. The van der Waals surface area contributed by atoms with Crippen molar-refractivity contribution in [1.29, 1.82) is 0 Å². The van der Waals surface area contributed by atoms with Crippen molar-refractivity contribution in [2.75, 3.05) is 17.2 Å². The maximum Gasteiger partial charge on any atom is 0.0493 e. The zero-order chi connectivity index (χ0) is 14.4. The topological polar surface area (TPSA) is 42.1 Å². The van der Waals surface area contributed by atoms with Crippen LogP contribution in [0.2, 0.25) is 0 Å². The van der Waals surface area contributed by atoms with Gasteiger partial charge < -0.3 is 10.6 Å². The molecule has 0 saturated carbocycles. The number of benzene rings is 2. The maximum atomic E-state index is 6.11. The van der Waals surface area contributed by atoms with Gasteiger partial charge in [0.2, 0.25) is 0 Å². The van der Waals surface area contributed by atoms with E-state index in [0.717, 1.165) is 29.7 Å². The number of para-hydroxylation sites is 1. The minimum Gasteiger partial charge on any atom is -0.398 e. The first kappa shape index (κ1) is 12.2. The molecule has 0 bridgehead atoms. The molecule has 3 aromatic rings. The van der Waals surface area contributed by atoms with Crippen molar-refractivity contribution < 1.29 is 0 Å². The Morgan fingerprint density at radius 3 is 2.81 bits per heavy atom. The van der Waals surface area contributed by atoms with E-state index in [1.54, 1.807) is 0 Å². The lowest BCUT2D eigenvalue weighted by Gasteiger charge is -2.22. The number of aromatic nitrogens is 1. The highest BCUT2D eigenvalue weighted by atomic mass is 15.2. The predicted octanol–water partition coefficient (Wildman–Crippen LogP) is 3.82. The van der Waals surface area contributed by atoms with Crippen LogP contribution in [-0.2, 0) is 6.42 Å². The van der Waals surface area contributed by atoms with Gasteiger partial charge in [0.15, 0.2) is 0 Å². The van der Waals surface area contributed by atoms with Gasteiger partial charge in [0.25, 0.3) is 0 Å². The fraction of sp³-hybridized carbons (Fsp3) is 0.167. The predicted molar refractivity (Wildman–Crippen MR) is 88.0 cm³/mol. The van der Waals surface area contributed by atoms with Crippen molar-refractivity contribution in [3.63, 3.8) is 0 Å². The molecule has 3 heteroatoms. The summed E-state index contributed by atoms with van der Waals surface area (Å²) in [5.41, 5.74) is 11.8. The number of nitrogens with zero attached hydrogens (tertiary/aromatic N) is 2. The third-order valence-corrected chi connectivity index (χ3v) is 4.23. The average molecular weight is 275 g/mol. The quantitative estimate of drug-likeness (QED) is 0.686. The van der Waals surface area contributed by atoms with E-state index in [1.165, 1.54) is 22.3 Å². The average Bonchev–Trinajstić information content (AvgIpc) is 2.91. The molecule has 104 valence electrons. The molecule has 21 heavy (non-hydrogen) atoms. The molecule has 4 rings (SSSR count). The van der Waals surface area contributed by atoms with Crippen molar-refractivity contribution >= 4 is 27.8 Å². The van der Waals surface area contributed by atoms with Crippen LogP contribution < -0.4 is 10.6 Å². The minimum absolute atomic E-state index is 0.786. The highest BCUT2D eigenvalue weighted by molar-refractivity contribution is 6.02. The first-order chi connectivity index (χ1) is 10.2. The number of nitrogen functional groups attached to an aromatic ring is 1. The number of pyridine rings is 1. The van der Waals surface area contributed by atoms with E-state index >= 15 is 0 Å². The van der Waals surface area contributed by atoms with Crippen molar-refractivity contribution in [3.05, 3.63) is 59.9 Å². The second kappa shape index (κ2) is 4.48. The van der Waals surface area contributed by atoms with Crippen LogP contribution >= 0.6 is 0 Å². The molecule has 0 spiro atoms. The van der Waals surface area contributed by atoms with Crippen LogP contribution in [0.4, 0.5) is 17.1 Å². The summed E-state index contributed by atoms with van der Waals surface area (Å²) in [6, 6.07) is 14.8. The smallest absolute Gasteiger partial charge is 0.0493 e. The van der Waals surface area contributed by atoms with E-state index in [4.69, 9.17) is 5.73 Å². The second-order valence-electron chi connectivity index (χ2n) is 5.58. The van der Waals surface area contributed by atoms with Gasteiger partial charge >= 0.3 is 0 Å². The van der Waals surface area contributed by atoms with E-state index in [-0.39, 0.29) is 0 Å². The van der Waals surface area contributed by atoms with Crippen LogP contribution in [0.1, 0.15) is 11.3 Å². The molecule has 2 heterocycles. The van der Waals surface area contributed by atoms with Gasteiger partial charge in [0, 0.05) is 46.3 Å². The molecular weight excluding hydrogens is 258 g/mol. The highest BCUT2D eigenvalue weighted by Crippen LogP contribution is 2.39. The summed E-state index contributed by atoms with van der Waals surface area (Å²) in [4.78, 5) is 6.77. The molecule has 0 radical (unpaired) electrons. The summed E-state index contributed by atoms with van der Waals surface area (Å²) < 4.78 is 0. The normalized spacial score (nSPS) is 13.7. The van der Waals surface area contributed by atoms with E-state index in [0.29, 0.717) is 0 Å². The van der Waals surface area contributed by atoms with Crippen LogP contribution in [0.25, 0.3) is 10.8 Å². The zero-order valence-electron chi connectivity index (χ0n) is 12.0. The summed E-state index contributed by atoms with van der Waals surface area (Å²) in [5, 5.41) is 2.21. The number of nitrogens with two attached hydrogens (primary N) is 1. The summed E-state index contributed by atoms with van der Waals surface area (Å²) in [7, 11) is 0. The molecule has 1 aromatic heterocycles. The van der Waals surface area contributed by atoms with Crippen LogP contribution in [0.15, 0.2) is 48.7 Å². The Balaban J connectivity index is 1.96. The number of rotatable bonds is 1. The molecule has 0 aliphatic carbocycles. The van der Waals surface area contributed by atoms with Crippen LogP contribution in [0.3, 0.4) is 0 Å². The summed E-state index contributed by atoms with van der Waals surface area (Å²) in [6.45, 7) is 3.03. The molecule has 0 atom stereocenters. The maximum absolute atomic E-state index is 6.11. The number of hydrogen-bond donors (Lipinski definition) is 1. The Hall–Kier alpha value is -2.55. The fourth-order valence-electron chi connectivity index (χ4n) is 3.17. The minimum atomic E-state index is 0.786. The largest absolute Gasteiger partial charge is 0.398 e. The number of aryl methyl sites for hydroxylation is 1. The Morgan fingerprint density at radius 2 is 1.90 bits per heavy atom. The molecule has 0 unspecified atom stereocenters. The van der Waals surface area contributed by atoms with E-state index in [1.807, 2.05) is 19.2 Å². The molecule has 2 aromatic carbocycles. The summed E-state index contributed by atoms with van der Waals surface area (Å²) in [6.07, 6.45) is 2.97. The van der Waals surface area contributed by atoms with Gasteiger partial charge in [-0.25, -0.2) is 0 Å². The van der Waals surface area contributed by atoms with Crippen LogP contribution in [0.5, 0.6) is 0 Å². The van der Waals surface area contributed by atoms with Gasteiger partial charge in [0.05, 0.1) is 0 Å². The SMILES string of the molecule is Cc1cc2c(N3CCc4ccccc43)ccc(N)c2cn1. The lowest BCUT2D eigenvalue weighted by Crippen LogP contribution is -2.14. The van der Waals surface area contributed by atoms with Gasteiger partial charge in [-0.2, -0.15) is 0 Å². The number of hydrogen-bond acceptors (Lipinski definition) is 3. The summed E-state index contributed by atoms with van der Waals surface area (Å²) >= 11 is 0. The highest BCUT2D eigenvalue weighted by Gasteiger charge is 2.21. The first-order valence-corrected chi connectivity index (χ1v) is 7.24. The van der Waals surface area contributed by atoms with Crippen LogP contribution in [-0.4, -0.2) is 11.5 Å². The molecule has 3 nitrogen and oxygen atoms in total. The lowest BCUT2D eigenvalue weighted by molar-refractivity contribution is 1.00. The Bertz CT molecular complexity index is 839.